The van der Waals surface area contributed by atoms with E-state index in [1.807, 2.05) is 0 Å². The summed E-state index contributed by atoms with van der Waals surface area (Å²) >= 11 is 0. The molecule has 0 spiro atoms. The summed E-state index contributed by atoms with van der Waals surface area (Å²) in [6, 6.07) is 0. The average molecular weight is 270 g/mol. The van der Waals surface area contributed by atoms with Crippen molar-refractivity contribution in [3.63, 3.8) is 0 Å². The number of allylic oxidation sites excluding steroid dienone is 1. The molecule has 2 unspecified atom stereocenters. The van der Waals surface area contributed by atoms with E-state index in [4.69, 9.17) is 0 Å². The second-order valence-electron chi connectivity index (χ2n) is 5.10. The second kappa shape index (κ2) is 3.26. The largest absolute Gasteiger partial charge is 0.523 e. The highest BCUT2D eigenvalue weighted by molar-refractivity contribution is 7.87. The van der Waals surface area contributed by atoms with E-state index < -0.39 is 26.6 Å². The Morgan fingerprint density at radius 3 is 2.24 bits per heavy atom. The minimum Gasteiger partial charge on any atom is -0.252 e. The SMILES string of the molecule is CC1(C)C2C=CC1(OS(=O)(=O)C(F)(F)F)CC2. The minimum atomic E-state index is -5.55. The van der Waals surface area contributed by atoms with E-state index in [9.17, 15) is 21.6 Å². The molecule has 0 saturated heterocycles. The van der Waals surface area contributed by atoms with Gasteiger partial charge in [-0.25, -0.2) is 0 Å². The van der Waals surface area contributed by atoms with Crippen molar-refractivity contribution in [1.82, 2.24) is 0 Å². The third-order valence-corrected chi connectivity index (χ3v) is 5.07. The van der Waals surface area contributed by atoms with E-state index in [0.29, 0.717) is 12.8 Å². The first-order valence-electron chi connectivity index (χ1n) is 5.23. The predicted octanol–water partition coefficient (Wildman–Crippen LogP) is 2.60. The molecule has 0 aromatic heterocycles. The van der Waals surface area contributed by atoms with Gasteiger partial charge in [-0.2, -0.15) is 21.6 Å². The lowest BCUT2D eigenvalue weighted by molar-refractivity contribution is -0.0693. The molecule has 1 saturated carbocycles. The molecule has 2 aliphatic carbocycles. The lowest BCUT2D eigenvalue weighted by Gasteiger charge is -2.36. The van der Waals surface area contributed by atoms with Gasteiger partial charge in [-0.1, -0.05) is 26.0 Å². The van der Waals surface area contributed by atoms with Crippen LogP contribution in [0.4, 0.5) is 13.2 Å². The maximum Gasteiger partial charge on any atom is 0.523 e. The summed E-state index contributed by atoms with van der Waals surface area (Å²) in [6.07, 6.45) is 4.16. The Morgan fingerprint density at radius 2 is 1.94 bits per heavy atom. The standard InChI is InChI=1S/C10H13F3O3S/c1-8(2)7-3-5-9(8,6-4-7)16-17(14,15)10(11,12)13/h3,5,7H,4,6H2,1-2H3. The van der Waals surface area contributed by atoms with Gasteiger partial charge in [0.1, 0.15) is 5.60 Å². The molecule has 0 aromatic carbocycles. The zero-order valence-corrected chi connectivity index (χ0v) is 10.2. The molecular weight excluding hydrogens is 257 g/mol. The van der Waals surface area contributed by atoms with Gasteiger partial charge in [0.25, 0.3) is 0 Å². The fourth-order valence-corrected chi connectivity index (χ4v) is 3.53. The Bertz CT molecular complexity index is 464. The molecule has 2 rings (SSSR count). The zero-order valence-electron chi connectivity index (χ0n) is 9.41. The van der Waals surface area contributed by atoms with Gasteiger partial charge in [0.05, 0.1) is 0 Å². The molecule has 7 heteroatoms. The second-order valence-corrected chi connectivity index (χ2v) is 6.64. The van der Waals surface area contributed by atoms with Gasteiger partial charge >= 0.3 is 15.6 Å². The zero-order chi connectivity index (χ0) is 13.1. The fourth-order valence-electron chi connectivity index (χ4n) is 2.69. The Hall–Kier alpha value is -0.560. The summed E-state index contributed by atoms with van der Waals surface area (Å²) in [7, 11) is -5.55. The lowest BCUT2D eigenvalue weighted by atomic mass is 9.78. The number of fused-ring (bicyclic) bond motifs is 2. The predicted molar refractivity (Wildman–Crippen MR) is 54.4 cm³/mol. The van der Waals surface area contributed by atoms with Crippen LogP contribution in [0.2, 0.25) is 0 Å². The number of hydrogen-bond donors (Lipinski definition) is 0. The first kappa shape index (κ1) is 12.9. The van der Waals surface area contributed by atoms with E-state index in [1.54, 1.807) is 19.9 Å². The van der Waals surface area contributed by atoms with E-state index in [0.717, 1.165) is 0 Å². The number of hydrogen-bond acceptors (Lipinski definition) is 3. The minimum absolute atomic E-state index is 0.0749. The van der Waals surface area contributed by atoms with Gasteiger partial charge in [0.15, 0.2) is 0 Å². The first-order valence-corrected chi connectivity index (χ1v) is 6.64. The van der Waals surface area contributed by atoms with Crippen LogP contribution in [-0.4, -0.2) is 19.5 Å². The Morgan fingerprint density at radius 1 is 1.35 bits per heavy atom. The molecule has 98 valence electrons. The van der Waals surface area contributed by atoms with Gasteiger partial charge in [-0.3, -0.25) is 4.18 Å². The Kier molecular flexibility index (Phi) is 2.47. The van der Waals surface area contributed by atoms with Crippen LogP contribution < -0.4 is 0 Å². The van der Waals surface area contributed by atoms with E-state index in [2.05, 4.69) is 4.18 Å². The van der Waals surface area contributed by atoms with E-state index in [-0.39, 0.29) is 5.92 Å². The summed E-state index contributed by atoms with van der Waals surface area (Å²) < 4.78 is 63.7. The molecule has 0 amide bonds. The van der Waals surface area contributed by atoms with Crippen molar-refractivity contribution in [3.05, 3.63) is 12.2 Å². The summed E-state index contributed by atoms with van der Waals surface area (Å²) in [4.78, 5) is 0. The summed E-state index contributed by atoms with van der Waals surface area (Å²) in [6.45, 7) is 3.47. The molecular formula is C10H13F3O3S. The summed E-state index contributed by atoms with van der Waals surface area (Å²) in [5, 5.41) is 0. The number of alkyl halides is 3. The highest BCUT2D eigenvalue weighted by atomic mass is 32.2. The van der Waals surface area contributed by atoms with Crippen LogP contribution in [-0.2, 0) is 14.3 Å². The molecule has 2 atom stereocenters. The van der Waals surface area contributed by atoms with Crippen molar-refractivity contribution in [3.8, 4) is 0 Å². The molecule has 17 heavy (non-hydrogen) atoms. The molecule has 0 N–H and O–H groups in total. The molecule has 0 aromatic rings. The maximum absolute atomic E-state index is 12.3. The van der Waals surface area contributed by atoms with Gasteiger partial charge in [-0.15, -0.1) is 0 Å². The van der Waals surface area contributed by atoms with Crippen molar-refractivity contribution in [2.45, 2.75) is 37.8 Å². The third kappa shape index (κ3) is 1.62. The Labute approximate surface area is 97.8 Å². The molecule has 3 nitrogen and oxygen atoms in total. The smallest absolute Gasteiger partial charge is 0.252 e. The van der Waals surface area contributed by atoms with Crippen molar-refractivity contribution >= 4 is 10.1 Å². The molecule has 2 bridgehead atoms. The van der Waals surface area contributed by atoms with Crippen LogP contribution in [0.15, 0.2) is 12.2 Å². The summed E-state index contributed by atoms with van der Waals surface area (Å²) in [5.41, 5.74) is -7.33. The number of halogens is 3. The topological polar surface area (TPSA) is 43.4 Å². The van der Waals surface area contributed by atoms with Crippen molar-refractivity contribution in [2.75, 3.05) is 0 Å². The Balaban J connectivity index is 2.35. The van der Waals surface area contributed by atoms with Crippen LogP contribution in [0, 0.1) is 11.3 Å². The molecule has 2 aliphatic rings. The van der Waals surface area contributed by atoms with Crippen molar-refractivity contribution in [2.24, 2.45) is 11.3 Å². The molecule has 0 aliphatic heterocycles. The highest BCUT2D eigenvalue weighted by Crippen LogP contribution is 2.59. The maximum atomic E-state index is 12.3. The van der Waals surface area contributed by atoms with Crippen LogP contribution in [0.1, 0.15) is 26.7 Å². The fraction of sp³-hybridized carbons (Fsp3) is 0.800. The van der Waals surface area contributed by atoms with Gasteiger partial charge in [0.2, 0.25) is 0 Å². The van der Waals surface area contributed by atoms with Crippen LogP contribution in [0.25, 0.3) is 0 Å². The monoisotopic (exact) mass is 270 g/mol. The summed E-state index contributed by atoms with van der Waals surface area (Å²) in [5.74, 6) is 0.0749. The molecule has 0 radical (unpaired) electrons. The van der Waals surface area contributed by atoms with Crippen molar-refractivity contribution < 1.29 is 25.8 Å². The van der Waals surface area contributed by atoms with E-state index >= 15 is 0 Å². The van der Waals surface area contributed by atoms with Gasteiger partial charge in [-0.05, 0) is 18.8 Å². The quantitative estimate of drug-likeness (QED) is 0.440. The van der Waals surface area contributed by atoms with Crippen LogP contribution in [0.5, 0.6) is 0 Å². The van der Waals surface area contributed by atoms with Crippen LogP contribution in [0.3, 0.4) is 0 Å². The molecule has 0 heterocycles. The highest BCUT2D eigenvalue weighted by Gasteiger charge is 2.62. The first-order chi connectivity index (χ1) is 7.52. The van der Waals surface area contributed by atoms with Gasteiger partial charge in [0, 0.05) is 5.41 Å². The van der Waals surface area contributed by atoms with Gasteiger partial charge < -0.3 is 0 Å². The number of rotatable bonds is 2. The van der Waals surface area contributed by atoms with Crippen LogP contribution >= 0.6 is 0 Å². The van der Waals surface area contributed by atoms with E-state index in [1.165, 1.54) is 6.08 Å². The molecule has 1 fully saturated rings. The van der Waals surface area contributed by atoms with Crippen molar-refractivity contribution in [1.29, 1.82) is 0 Å². The third-order valence-electron chi connectivity index (χ3n) is 3.98. The normalized spacial score (nSPS) is 35.5. The average Bonchev–Trinajstić information content (AvgIpc) is 2.49. The lowest BCUT2D eigenvalue weighted by Crippen LogP contribution is -2.44.